The van der Waals surface area contributed by atoms with Gasteiger partial charge in [0, 0.05) is 30.5 Å². The van der Waals surface area contributed by atoms with Crippen molar-refractivity contribution in [1.82, 2.24) is 20.1 Å². The highest BCUT2D eigenvalue weighted by Crippen LogP contribution is 2.28. The lowest BCUT2D eigenvalue weighted by molar-refractivity contribution is -0.141. The Kier molecular flexibility index (Phi) is 4.26. The van der Waals surface area contributed by atoms with E-state index in [0.717, 1.165) is 16.9 Å². The first-order valence-electron chi connectivity index (χ1n) is 6.29. The molecular weight excluding hydrogens is 288 g/mol. The first kappa shape index (κ1) is 15.4. The SMILES string of the molecule is CC(C)NCc1ccnc(-n2ccc(C(F)(F)F)n2)c1F. The molecule has 0 atom stereocenters. The summed E-state index contributed by atoms with van der Waals surface area (Å²) in [6, 6.07) is 2.41. The van der Waals surface area contributed by atoms with Crippen molar-refractivity contribution < 1.29 is 17.6 Å². The Morgan fingerprint density at radius 2 is 2.00 bits per heavy atom. The molecule has 2 aromatic heterocycles. The van der Waals surface area contributed by atoms with E-state index in [4.69, 9.17) is 0 Å². The normalized spacial score (nSPS) is 12.1. The van der Waals surface area contributed by atoms with Crippen LogP contribution in [0.1, 0.15) is 25.1 Å². The number of rotatable bonds is 4. The van der Waals surface area contributed by atoms with Crippen molar-refractivity contribution in [3.63, 3.8) is 0 Å². The molecule has 0 radical (unpaired) electrons. The standard InChI is InChI=1S/C13H14F4N4/c1-8(2)19-7-9-3-5-18-12(11(9)14)21-6-4-10(20-21)13(15,16)17/h3-6,8,19H,7H2,1-2H3. The van der Waals surface area contributed by atoms with Gasteiger partial charge in [0.25, 0.3) is 0 Å². The van der Waals surface area contributed by atoms with Gasteiger partial charge in [0.15, 0.2) is 17.3 Å². The van der Waals surface area contributed by atoms with Gasteiger partial charge in [-0.05, 0) is 12.1 Å². The van der Waals surface area contributed by atoms with Gasteiger partial charge >= 0.3 is 6.18 Å². The van der Waals surface area contributed by atoms with Crippen LogP contribution in [0.25, 0.3) is 5.82 Å². The van der Waals surface area contributed by atoms with Gasteiger partial charge in [0.1, 0.15) is 0 Å². The molecule has 0 aromatic carbocycles. The lowest BCUT2D eigenvalue weighted by Crippen LogP contribution is -2.23. The maximum atomic E-state index is 14.3. The molecule has 0 saturated heterocycles. The Balaban J connectivity index is 2.32. The topological polar surface area (TPSA) is 42.7 Å². The summed E-state index contributed by atoms with van der Waals surface area (Å²) in [6.07, 6.45) is -2.20. The van der Waals surface area contributed by atoms with Crippen molar-refractivity contribution in [3.05, 3.63) is 41.6 Å². The summed E-state index contributed by atoms with van der Waals surface area (Å²) in [7, 11) is 0. The second kappa shape index (κ2) is 5.80. The lowest BCUT2D eigenvalue weighted by atomic mass is 10.2. The number of halogens is 4. The van der Waals surface area contributed by atoms with E-state index in [1.165, 1.54) is 12.3 Å². The minimum absolute atomic E-state index is 0.155. The summed E-state index contributed by atoms with van der Waals surface area (Å²) in [6.45, 7) is 4.07. The molecule has 0 unspecified atom stereocenters. The van der Waals surface area contributed by atoms with Crippen LogP contribution in [0, 0.1) is 5.82 Å². The van der Waals surface area contributed by atoms with Gasteiger partial charge in [0.05, 0.1) is 0 Å². The molecule has 2 rings (SSSR count). The van der Waals surface area contributed by atoms with Crippen LogP contribution in [0.2, 0.25) is 0 Å². The third-order valence-electron chi connectivity index (χ3n) is 2.75. The summed E-state index contributed by atoms with van der Waals surface area (Å²) in [5, 5.41) is 6.35. The molecule has 2 aromatic rings. The summed E-state index contributed by atoms with van der Waals surface area (Å²) in [4.78, 5) is 3.76. The van der Waals surface area contributed by atoms with E-state index in [2.05, 4.69) is 15.4 Å². The van der Waals surface area contributed by atoms with E-state index in [1.54, 1.807) is 0 Å². The summed E-state index contributed by atoms with van der Waals surface area (Å²) in [5.74, 6) is -0.948. The van der Waals surface area contributed by atoms with Crippen LogP contribution in [-0.2, 0) is 12.7 Å². The van der Waals surface area contributed by atoms with Crippen LogP contribution in [0.4, 0.5) is 17.6 Å². The van der Waals surface area contributed by atoms with Crippen LogP contribution < -0.4 is 5.32 Å². The minimum atomic E-state index is -4.57. The monoisotopic (exact) mass is 302 g/mol. The molecule has 2 heterocycles. The van der Waals surface area contributed by atoms with Gasteiger partial charge in [-0.15, -0.1) is 0 Å². The third kappa shape index (κ3) is 3.57. The number of aromatic nitrogens is 3. The van der Waals surface area contributed by atoms with E-state index < -0.39 is 17.7 Å². The highest BCUT2D eigenvalue weighted by atomic mass is 19.4. The van der Waals surface area contributed by atoms with Crippen molar-refractivity contribution in [2.45, 2.75) is 32.6 Å². The first-order chi connectivity index (χ1) is 9.79. The predicted molar refractivity (Wildman–Crippen MR) is 68.3 cm³/mol. The van der Waals surface area contributed by atoms with E-state index in [1.807, 2.05) is 13.8 Å². The molecule has 114 valence electrons. The van der Waals surface area contributed by atoms with E-state index in [0.29, 0.717) is 5.56 Å². The molecule has 8 heteroatoms. The number of hydrogen-bond donors (Lipinski definition) is 1. The molecule has 0 aliphatic carbocycles. The second-order valence-corrected chi connectivity index (χ2v) is 4.79. The molecule has 0 amide bonds. The predicted octanol–water partition coefficient (Wildman–Crippen LogP) is 2.92. The zero-order valence-electron chi connectivity index (χ0n) is 11.4. The number of nitrogens with zero attached hydrogens (tertiary/aromatic N) is 3. The van der Waals surface area contributed by atoms with Crippen molar-refractivity contribution in [2.75, 3.05) is 0 Å². The Morgan fingerprint density at radius 1 is 1.29 bits per heavy atom. The molecule has 21 heavy (non-hydrogen) atoms. The Hall–Kier alpha value is -1.96. The van der Waals surface area contributed by atoms with Crippen LogP contribution in [0.5, 0.6) is 0 Å². The molecule has 0 fully saturated rings. The third-order valence-corrected chi connectivity index (χ3v) is 2.75. The number of nitrogens with one attached hydrogen (secondary N) is 1. The largest absolute Gasteiger partial charge is 0.435 e. The zero-order valence-corrected chi connectivity index (χ0v) is 11.4. The molecule has 0 aliphatic heterocycles. The molecule has 1 N–H and O–H groups in total. The van der Waals surface area contributed by atoms with E-state index >= 15 is 0 Å². The van der Waals surface area contributed by atoms with E-state index in [9.17, 15) is 17.6 Å². The van der Waals surface area contributed by atoms with Crippen molar-refractivity contribution in [3.8, 4) is 5.82 Å². The van der Waals surface area contributed by atoms with Crippen molar-refractivity contribution in [2.24, 2.45) is 0 Å². The van der Waals surface area contributed by atoms with Crippen LogP contribution >= 0.6 is 0 Å². The summed E-state index contributed by atoms with van der Waals surface area (Å²) in [5.41, 5.74) is -0.771. The maximum absolute atomic E-state index is 14.3. The van der Waals surface area contributed by atoms with E-state index in [-0.39, 0.29) is 18.4 Å². The highest BCUT2D eigenvalue weighted by molar-refractivity contribution is 5.30. The summed E-state index contributed by atoms with van der Waals surface area (Å²) < 4.78 is 52.6. The molecule has 0 aliphatic rings. The molecule has 0 bridgehead atoms. The average molecular weight is 302 g/mol. The maximum Gasteiger partial charge on any atom is 0.435 e. The number of hydrogen-bond acceptors (Lipinski definition) is 3. The van der Waals surface area contributed by atoms with Crippen LogP contribution in [0.15, 0.2) is 24.5 Å². The minimum Gasteiger partial charge on any atom is -0.310 e. The van der Waals surface area contributed by atoms with Gasteiger partial charge in [-0.1, -0.05) is 13.8 Å². The smallest absolute Gasteiger partial charge is 0.310 e. The molecule has 0 spiro atoms. The van der Waals surface area contributed by atoms with Crippen LogP contribution in [-0.4, -0.2) is 20.8 Å². The molecular formula is C13H14F4N4. The zero-order chi connectivity index (χ0) is 15.6. The quantitative estimate of drug-likeness (QED) is 0.883. The van der Waals surface area contributed by atoms with Gasteiger partial charge in [-0.25, -0.2) is 14.1 Å². The fraction of sp³-hybridized carbons (Fsp3) is 0.385. The van der Waals surface area contributed by atoms with Gasteiger partial charge in [0.2, 0.25) is 0 Å². The van der Waals surface area contributed by atoms with Gasteiger partial charge in [-0.2, -0.15) is 18.3 Å². The van der Waals surface area contributed by atoms with Crippen molar-refractivity contribution in [1.29, 1.82) is 0 Å². The Labute approximate surface area is 118 Å². The molecule has 0 saturated carbocycles. The highest BCUT2D eigenvalue weighted by Gasteiger charge is 2.34. The van der Waals surface area contributed by atoms with Gasteiger partial charge < -0.3 is 5.32 Å². The lowest BCUT2D eigenvalue weighted by Gasteiger charge is -2.10. The van der Waals surface area contributed by atoms with Crippen molar-refractivity contribution >= 4 is 0 Å². The average Bonchev–Trinajstić information content (AvgIpc) is 2.86. The fourth-order valence-electron chi connectivity index (χ4n) is 1.67. The number of pyridine rings is 1. The Bertz CT molecular complexity index is 619. The fourth-order valence-corrected chi connectivity index (χ4v) is 1.67. The van der Waals surface area contributed by atoms with Crippen LogP contribution in [0.3, 0.4) is 0 Å². The number of alkyl halides is 3. The molecule has 4 nitrogen and oxygen atoms in total. The second-order valence-electron chi connectivity index (χ2n) is 4.79. The van der Waals surface area contributed by atoms with Gasteiger partial charge in [-0.3, -0.25) is 0 Å². The Morgan fingerprint density at radius 3 is 2.57 bits per heavy atom. The summed E-state index contributed by atoms with van der Waals surface area (Å²) >= 11 is 0. The first-order valence-corrected chi connectivity index (χ1v) is 6.29.